The summed E-state index contributed by atoms with van der Waals surface area (Å²) in [5.41, 5.74) is -0.0204. The molecule has 1 aromatic rings. The number of halogens is 2. The number of carbonyl (C=O) groups excluding carboxylic acids is 1. The number of alkyl halides is 2. The minimum atomic E-state index is -2.75. The third-order valence-corrected chi connectivity index (χ3v) is 3.92. The summed E-state index contributed by atoms with van der Waals surface area (Å²) in [5.74, 6) is -0.465. The van der Waals surface area contributed by atoms with Gasteiger partial charge in [-0.15, -0.1) is 0 Å². The van der Waals surface area contributed by atoms with Crippen LogP contribution in [-0.2, 0) is 9.47 Å². The number of nitrogens with one attached hydrogen (secondary N) is 1. The van der Waals surface area contributed by atoms with E-state index in [2.05, 4.69) is 15.3 Å². The molecule has 2 saturated heterocycles. The normalized spacial score (nSPS) is 26.5. The summed E-state index contributed by atoms with van der Waals surface area (Å²) in [7, 11) is 0. The van der Waals surface area contributed by atoms with E-state index < -0.39 is 12.5 Å². The van der Waals surface area contributed by atoms with Gasteiger partial charge in [-0.1, -0.05) is 0 Å². The Balaban J connectivity index is 1.61. The van der Waals surface area contributed by atoms with Gasteiger partial charge in [-0.3, -0.25) is 9.69 Å². The van der Waals surface area contributed by atoms with Crippen molar-refractivity contribution < 1.29 is 23.0 Å². The molecule has 1 amide bonds. The molecule has 2 aliphatic heterocycles. The maximum atomic E-state index is 12.5. The van der Waals surface area contributed by atoms with Crippen molar-refractivity contribution in [2.24, 2.45) is 0 Å². The van der Waals surface area contributed by atoms with Crippen LogP contribution < -0.4 is 5.32 Å². The highest BCUT2D eigenvalue weighted by atomic mass is 19.3. The number of hydrogen-bond acceptors (Lipinski definition) is 5. The number of nitrogens with zero attached hydrogens (tertiary/aromatic N) is 3. The van der Waals surface area contributed by atoms with Crippen LogP contribution in [0.5, 0.6) is 0 Å². The maximum Gasteiger partial charge on any atom is 0.333 e. The minimum absolute atomic E-state index is 0.0204. The number of morpholine rings is 1. The van der Waals surface area contributed by atoms with E-state index in [0.29, 0.717) is 31.1 Å². The lowest BCUT2D eigenvalue weighted by atomic mass is 10.1. The molecule has 0 aromatic carbocycles. The molecular formula is C13H18F2N4O3. The molecule has 22 heavy (non-hydrogen) atoms. The fourth-order valence-corrected chi connectivity index (χ4v) is 2.76. The predicted molar refractivity (Wildman–Crippen MR) is 71.7 cm³/mol. The second kappa shape index (κ2) is 6.67. The van der Waals surface area contributed by atoms with Crippen molar-refractivity contribution in [2.75, 3.05) is 39.5 Å². The third kappa shape index (κ3) is 3.26. The van der Waals surface area contributed by atoms with Crippen LogP contribution in [0.25, 0.3) is 0 Å². The standard InChI is InChI=1S/C13H18F2N4O3/c14-13(15)19-2-1-9(17-19)12(20)16-10-7-22-8-11(10)18-3-5-21-6-4-18/h1-2,10-11,13H,3-8H2,(H,16,20)/t10-,11-/m0/s1. The number of rotatable bonds is 4. The van der Waals surface area contributed by atoms with E-state index in [9.17, 15) is 13.6 Å². The highest BCUT2D eigenvalue weighted by Crippen LogP contribution is 2.16. The van der Waals surface area contributed by atoms with E-state index in [-0.39, 0.29) is 17.8 Å². The molecule has 0 saturated carbocycles. The quantitative estimate of drug-likeness (QED) is 0.854. The largest absolute Gasteiger partial charge is 0.379 e. The maximum absolute atomic E-state index is 12.5. The topological polar surface area (TPSA) is 68.6 Å². The average molecular weight is 316 g/mol. The SMILES string of the molecule is O=C(N[C@H]1COC[C@@H]1N1CCOCC1)c1ccn(C(F)F)n1. The molecule has 3 rings (SSSR count). The molecule has 0 bridgehead atoms. The Morgan fingerprint density at radius 3 is 2.77 bits per heavy atom. The zero-order valence-electron chi connectivity index (χ0n) is 12.0. The number of amides is 1. The van der Waals surface area contributed by atoms with Gasteiger partial charge in [-0.05, 0) is 6.07 Å². The van der Waals surface area contributed by atoms with E-state index in [1.165, 1.54) is 6.07 Å². The highest BCUT2D eigenvalue weighted by molar-refractivity contribution is 5.92. The third-order valence-electron chi connectivity index (χ3n) is 3.92. The van der Waals surface area contributed by atoms with Gasteiger partial charge < -0.3 is 14.8 Å². The van der Waals surface area contributed by atoms with Crippen molar-refractivity contribution in [3.63, 3.8) is 0 Å². The fraction of sp³-hybridized carbons (Fsp3) is 0.692. The number of hydrogen-bond donors (Lipinski definition) is 1. The molecule has 0 radical (unpaired) electrons. The Hall–Kier alpha value is -1.58. The first kappa shape index (κ1) is 15.3. The summed E-state index contributed by atoms with van der Waals surface area (Å²) < 4.78 is 36.2. The molecule has 122 valence electrons. The molecular weight excluding hydrogens is 298 g/mol. The molecule has 0 aliphatic carbocycles. The van der Waals surface area contributed by atoms with Gasteiger partial charge >= 0.3 is 6.55 Å². The second-order valence-corrected chi connectivity index (χ2v) is 5.29. The smallest absolute Gasteiger partial charge is 0.333 e. The molecule has 3 heterocycles. The van der Waals surface area contributed by atoms with Crippen molar-refractivity contribution in [3.8, 4) is 0 Å². The van der Waals surface area contributed by atoms with Crippen LogP contribution in [0.3, 0.4) is 0 Å². The fourth-order valence-electron chi connectivity index (χ4n) is 2.76. The van der Waals surface area contributed by atoms with E-state index in [1.54, 1.807) is 0 Å². The summed E-state index contributed by atoms with van der Waals surface area (Å²) in [6.45, 7) is 1.10. The zero-order chi connectivity index (χ0) is 15.5. The lowest BCUT2D eigenvalue weighted by molar-refractivity contribution is 0.0108. The molecule has 2 atom stereocenters. The van der Waals surface area contributed by atoms with E-state index >= 15 is 0 Å². The Labute approximate surface area is 126 Å². The molecule has 0 spiro atoms. The summed E-state index contributed by atoms with van der Waals surface area (Å²) in [5, 5.41) is 6.40. The first-order valence-electron chi connectivity index (χ1n) is 7.19. The average Bonchev–Trinajstić information content (AvgIpc) is 3.17. The first-order valence-corrected chi connectivity index (χ1v) is 7.19. The van der Waals surface area contributed by atoms with Crippen LogP contribution in [0.15, 0.2) is 12.3 Å². The Bertz CT molecular complexity index is 519. The van der Waals surface area contributed by atoms with Crippen molar-refractivity contribution in [1.29, 1.82) is 0 Å². The van der Waals surface area contributed by atoms with Crippen LogP contribution in [-0.4, -0.2) is 72.2 Å². The van der Waals surface area contributed by atoms with E-state index in [4.69, 9.17) is 9.47 Å². The monoisotopic (exact) mass is 316 g/mol. The molecule has 1 aromatic heterocycles. The van der Waals surface area contributed by atoms with Gasteiger partial charge in [-0.2, -0.15) is 13.9 Å². The minimum Gasteiger partial charge on any atom is -0.379 e. The van der Waals surface area contributed by atoms with Gasteiger partial charge in [0.15, 0.2) is 0 Å². The Kier molecular flexibility index (Phi) is 4.65. The van der Waals surface area contributed by atoms with E-state index in [0.717, 1.165) is 19.3 Å². The Morgan fingerprint density at radius 1 is 1.32 bits per heavy atom. The lowest BCUT2D eigenvalue weighted by Gasteiger charge is -2.34. The van der Waals surface area contributed by atoms with Crippen LogP contribution in [0.2, 0.25) is 0 Å². The first-order chi connectivity index (χ1) is 10.6. The number of ether oxygens (including phenoxy) is 2. The molecule has 2 fully saturated rings. The lowest BCUT2D eigenvalue weighted by Crippen LogP contribution is -2.54. The molecule has 2 aliphatic rings. The van der Waals surface area contributed by atoms with Crippen LogP contribution in [0, 0.1) is 0 Å². The predicted octanol–water partition coefficient (Wildman–Crippen LogP) is 0.108. The summed E-state index contributed by atoms with van der Waals surface area (Å²) in [4.78, 5) is 14.4. The molecule has 1 N–H and O–H groups in total. The van der Waals surface area contributed by atoms with Crippen molar-refractivity contribution >= 4 is 5.91 Å². The zero-order valence-corrected chi connectivity index (χ0v) is 12.0. The van der Waals surface area contributed by atoms with Crippen molar-refractivity contribution in [1.82, 2.24) is 20.0 Å². The van der Waals surface area contributed by atoms with Gasteiger partial charge in [0.1, 0.15) is 5.69 Å². The number of aromatic nitrogens is 2. The van der Waals surface area contributed by atoms with Gasteiger partial charge in [-0.25, -0.2) is 4.68 Å². The van der Waals surface area contributed by atoms with Crippen molar-refractivity contribution in [3.05, 3.63) is 18.0 Å². The summed E-state index contributed by atoms with van der Waals surface area (Å²) in [6, 6.07) is 1.17. The van der Waals surface area contributed by atoms with Gasteiger partial charge in [0.05, 0.1) is 38.5 Å². The Morgan fingerprint density at radius 2 is 2.09 bits per heavy atom. The molecule has 7 nitrogen and oxygen atoms in total. The summed E-state index contributed by atoms with van der Waals surface area (Å²) in [6.07, 6.45) is 1.09. The summed E-state index contributed by atoms with van der Waals surface area (Å²) >= 11 is 0. The van der Waals surface area contributed by atoms with Gasteiger partial charge in [0.2, 0.25) is 0 Å². The van der Waals surface area contributed by atoms with Crippen LogP contribution >= 0.6 is 0 Å². The highest BCUT2D eigenvalue weighted by Gasteiger charge is 2.35. The van der Waals surface area contributed by atoms with Crippen LogP contribution in [0.1, 0.15) is 17.0 Å². The second-order valence-electron chi connectivity index (χ2n) is 5.29. The molecule has 9 heteroatoms. The van der Waals surface area contributed by atoms with Gasteiger partial charge in [0, 0.05) is 19.3 Å². The van der Waals surface area contributed by atoms with Gasteiger partial charge in [0.25, 0.3) is 5.91 Å². The number of carbonyl (C=O) groups is 1. The van der Waals surface area contributed by atoms with Crippen LogP contribution in [0.4, 0.5) is 8.78 Å². The van der Waals surface area contributed by atoms with E-state index in [1.807, 2.05) is 0 Å². The van der Waals surface area contributed by atoms with Crippen molar-refractivity contribution in [2.45, 2.75) is 18.6 Å². The molecule has 0 unspecified atom stereocenters.